The maximum absolute atomic E-state index is 12.1. The molecule has 2 aliphatic rings. The van der Waals surface area contributed by atoms with Gasteiger partial charge in [0.2, 0.25) is 5.91 Å². The molecule has 4 rings (SSSR count). The minimum atomic E-state index is -0.0826. The molecule has 1 fully saturated rings. The molecule has 0 radical (unpaired) electrons. The van der Waals surface area contributed by atoms with Crippen LogP contribution in [0.5, 0.6) is 0 Å². The highest BCUT2D eigenvalue weighted by atomic mass is 32.1. The normalized spacial score (nSPS) is 20.5. The van der Waals surface area contributed by atoms with Crippen molar-refractivity contribution in [1.82, 2.24) is 14.9 Å². The van der Waals surface area contributed by atoms with Gasteiger partial charge < -0.3 is 9.80 Å². The van der Waals surface area contributed by atoms with Crippen molar-refractivity contribution in [3.63, 3.8) is 0 Å². The number of hydrogen-bond donors (Lipinski definition) is 0. The molecule has 1 aliphatic carbocycles. The molecule has 1 atom stereocenters. The molecule has 6 heteroatoms. The zero-order valence-corrected chi connectivity index (χ0v) is 18.7. The van der Waals surface area contributed by atoms with E-state index in [9.17, 15) is 4.79 Å². The Balaban J connectivity index is 1.77. The largest absolute Gasteiger partial charge is 0.352 e. The summed E-state index contributed by atoms with van der Waals surface area (Å²) in [5.41, 5.74) is 1.40. The number of nitrogens with zero attached hydrogens (tertiary/aromatic N) is 4. The first-order chi connectivity index (χ1) is 13.3. The van der Waals surface area contributed by atoms with Crippen LogP contribution in [-0.4, -0.2) is 47.0 Å². The second-order valence-corrected chi connectivity index (χ2v) is 10.5. The highest BCUT2D eigenvalue weighted by Gasteiger charge is 2.30. The lowest BCUT2D eigenvalue weighted by atomic mass is 9.89. The number of carbonyl (C=O) groups is 1. The van der Waals surface area contributed by atoms with E-state index in [0.717, 1.165) is 55.0 Å². The molecule has 0 bridgehead atoms. The number of anilines is 1. The molecule has 2 aromatic heterocycles. The van der Waals surface area contributed by atoms with Gasteiger partial charge in [0, 0.05) is 42.9 Å². The Bertz CT molecular complexity index is 890. The van der Waals surface area contributed by atoms with E-state index in [1.807, 2.05) is 23.2 Å². The summed E-state index contributed by atoms with van der Waals surface area (Å²) < 4.78 is 0. The maximum Gasteiger partial charge on any atom is 0.222 e. The Hall–Kier alpha value is -1.69. The van der Waals surface area contributed by atoms with E-state index in [0.29, 0.717) is 6.42 Å². The minimum absolute atomic E-state index is 0.0826. The molecule has 0 N–H and O–H groups in total. The Morgan fingerprint density at radius 3 is 2.54 bits per heavy atom. The van der Waals surface area contributed by atoms with E-state index >= 15 is 0 Å². The highest BCUT2D eigenvalue weighted by molar-refractivity contribution is 7.19. The highest BCUT2D eigenvalue weighted by Crippen LogP contribution is 2.42. The van der Waals surface area contributed by atoms with Crippen molar-refractivity contribution < 1.29 is 4.79 Å². The summed E-state index contributed by atoms with van der Waals surface area (Å²) in [7, 11) is 0. The first-order valence-corrected chi connectivity index (χ1v) is 11.4. The summed E-state index contributed by atoms with van der Waals surface area (Å²) >= 11 is 1.88. The lowest BCUT2D eigenvalue weighted by molar-refractivity contribution is -0.131. The summed E-state index contributed by atoms with van der Waals surface area (Å²) in [6, 6.07) is 0. The fraction of sp³-hybridized carbons (Fsp3) is 0.682. The number of thiophene rings is 1. The summed E-state index contributed by atoms with van der Waals surface area (Å²) in [6.45, 7) is 14.1. The van der Waals surface area contributed by atoms with Gasteiger partial charge in [0.15, 0.2) is 0 Å². The second-order valence-electron chi connectivity index (χ2n) is 9.37. The van der Waals surface area contributed by atoms with Gasteiger partial charge >= 0.3 is 0 Å². The number of amides is 1. The molecular formula is C22H32N4OS. The van der Waals surface area contributed by atoms with Crippen LogP contribution in [0.2, 0.25) is 0 Å². The van der Waals surface area contributed by atoms with Gasteiger partial charge in [-0.1, -0.05) is 34.6 Å². The maximum atomic E-state index is 12.1. The molecule has 1 saturated heterocycles. The predicted molar refractivity (Wildman–Crippen MR) is 116 cm³/mol. The first-order valence-electron chi connectivity index (χ1n) is 10.6. The van der Waals surface area contributed by atoms with Gasteiger partial charge in [-0.2, -0.15) is 0 Å². The van der Waals surface area contributed by atoms with Crippen molar-refractivity contribution in [1.29, 1.82) is 0 Å². The smallest absolute Gasteiger partial charge is 0.222 e. The molecule has 1 aliphatic heterocycles. The predicted octanol–water partition coefficient (Wildman–Crippen LogP) is 4.17. The van der Waals surface area contributed by atoms with Crippen LogP contribution in [0.15, 0.2) is 0 Å². The van der Waals surface area contributed by atoms with E-state index in [1.165, 1.54) is 28.7 Å². The Morgan fingerprint density at radius 1 is 1.18 bits per heavy atom. The SMILES string of the molecule is CCC(=O)N1CCN(c2nc(C(C)(C)C)nc3sc4c(c23)CC[C@H](C)C4)CC1. The lowest BCUT2D eigenvalue weighted by Gasteiger charge is -2.36. The lowest BCUT2D eigenvalue weighted by Crippen LogP contribution is -2.49. The third kappa shape index (κ3) is 3.51. The van der Waals surface area contributed by atoms with E-state index in [1.54, 1.807) is 0 Å². The minimum Gasteiger partial charge on any atom is -0.352 e. The summed E-state index contributed by atoms with van der Waals surface area (Å²) in [5.74, 6) is 3.03. The van der Waals surface area contributed by atoms with Crippen LogP contribution in [0, 0.1) is 5.92 Å². The van der Waals surface area contributed by atoms with Gasteiger partial charge in [-0.25, -0.2) is 9.97 Å². The average molecular weight is 401 g/mol. The van der Waals surface area contributed by atoms with Crippen LogP contribution in [0.3, 0.4) is 0 Å². The molecule has 2 aromatic rings. The summed E-state index contributed by atoms with van der Waals surface area (Å²) in [4.78, 5) is 29.2. The van der Waals surface area contributed by atoms with E-state index in [4.69, 9.17) is 9.97 Å². The van der Waals surface area contributed by atoms with Gasteiger partial charge in [0.1, 0.15) is 16.5 Å². The molecule has 3 heterocycles. The van der Waals surface area contributed by atoms with Crippen LogP contribution in [0.1, 0.15) is 63.7 Å². The third-order valence-corrected chi connectivity index (χ3v) is 7.19. The fourth-order valence-electron chi connectivity index (χ4n) is 4.28. The standard InChI is InChI=1S/C22H32N4OS/c1-6-17(27)25-9-11-26(12-10-25)19-18-15-8-7-14(2)13-16(15)28-20(18)24-21(23-19)22(3,4)5/h14H,6-13H2,1-5H3/t14-/m0/s1. The number of aryl methyl sites for hydroxylation is 1. The van der Waals surface area contributed by atoms with Crippen LogP contribution in [0.25, 0.3) is 10.2 Å². The number of aromatic nitrogens is 2. The van der Waals surface area contributed by atoms with Gasteiger partial charge in [-0.3, -0.25) is 4.79 Å². The molecule has 1 amide bonds. The molecule has 28 heavy (non-hydrogen) atoms. The number of rotatable bonds is 2. The van der Waals surface area contributed by atoms with E-state index in [2.05, 4.69) is 32.6 Å². The van der Waals surface area contributed by atoms with Crippen molar-refractivity contribution in [2.45, 2.75) is 65.7 Å². The van der Waals surface area contributed by atoms with E-state index in [-0.39, 0.29) is 11.3 Å². The van der Waals surface area contributed by atoms with Gasteiger partial charge in [0.25, 0.3) is 0 Å². The Kier molecular flexibility index (Phi) is 5.10. The summed E-state index contributed by atoms with van der Waals surface area (Å²) in [6.07, 6.45) is 4.13. The molecule has 0 aromatic carbocycles. The third-order valence-electron chi connectivity index (χ3n) is 6.04. The molecular weight excluding hydrogens is 368 g/mol. The van der Waals surface area contributed by atoms with Crippen LogP contribution < -0.4 is 4.90 Å². The number of piperazine rings is 1. The molecule has 0 unspecified atom stereocenters. The molecule has 0 spiro atoms. The van der Waals surface area contributed by atoms with Crippen molar-refractivity contribution in [2.24, 2.45) is 5.92 Å². The Labute approximate surface area is 172 Å². The summed E-state index contributed by atoms with van der Waals surface area (Å²) in [5, 5.41) is 1.29. The Morgan fingerprint density at radius 2 is 1.89 bits per heavy atom. The zero-order chi connectivity index (χ0) is 20.1. The quantitative estimate of drug-likeness (QED) is 0.759. The number of carbonyl (C=O) groups excluding carboxylic acids is 1. The first kappa shape index (κ1) is 19.6. The fourth-order valence-corrected chi connectivity index (χ4v) is 5.66. The number of fused-ring (bicyclic) bond motifs is 3. The number of hydrogen-bond acceptors (Lipinski definition) is 5. The second kappa shape index (κ2) is 7.29. The van der Waals surface area contributed by atoms with Crippen molar-refractivity contribution in [3.8, 4) is 0 Å². The van der Waals surface area contributed by atoms with E-state index < -0.39 is 0 Å². The molecule has 0 saturated carbocycles. The molecule has 152 valence electrons. The van der Waals surface area contributed by atoms with Gasteiger partial charge in [-0.15, -0.1) is 11.3 Å². The van der Waals surface area contributed by atoms with Gasteiger partial charge in [-0.05, 0) is 30.7 Å². The van der Waals surface area contributed by atoms with Crippen LogP contribution >= 0.6 is 11.3 Å². The van der Waals surface area contributed by atoms with Crippen molar-refractivity contribution in [3.05, 3.63) is 16.3 Å². The zero-order valence-electron chi connectivity index (χ0n) is 17.8. The van der Waals surface area contributed by atoms with Crippen LogP contribution in [0.4, 0.5) is 5.82 Å². The monoisotopic (exact) mass is 400 g/mol. The topological polar surface area (TPSA) is 49.3 Å². The van der Waals surface area contributed by atoms with Crippen molar-refractivity contribution in [2.75, 3.05) is 31.1 Å². The average Bonchev–Trinajstić information content (AvgIpc) is 3.03. The van der Waals surface area contributed by atoms with Crippen LogP contribution in [-0.2, 0) is 23.1 Å². The molecule has 5 nitrogen and oxygen atoms in total. The van der Waals surface area contributed by atoms with Gasteiger partial charge in [0.05, 0.1) is 5.39 Å². The van der Waals surface area contributed by atoms with Crippen molar-refractivity contribution >= 4 is 33.3 Å².